The number of nitrogens with one attached hydrogen (secondary N) is 3. The van der Waals surface area contributed by atoms with Gasteiger partial charge in [-0.2, -0.15) is 0 Å². The first-order valence-corrected chi connectivity index (χ1v) is 13.2. The third-order valence-corrected chi connectivity index (χ3v) is 6.83. The van der Waals surface area contributed by atoms with Crippen molar-refractivity contribution >= 4 is 28.9 Å². The van der Waals surface area contributed by atoms with Gasteiger partial charge in [-0.05, 0) is 51.8 Å². The van der Waals surface area contributed by atoms with Crippen LogP contribution in [0.15, 0.2) is 35.3 Å². The number of benzene rings is 1. The lowest BCUT2D eigenvalue weighted by Gasteiger charge is -2.41. The quantitative estimate of drug-likeness (QED) is 0.479. The molecular formula is C28H34F3N5O4. The van der Waals surface area contributed by atoms with Crippen LogP contribution in [0.3, 0.4) is 0 Å². The Bertz CT molecular complexity index is 1370. The van der Waals surface area contributed by atoms with Gasteiger partial charge in [0.1, 0.15) is 5.82 Å². The van der Waals surface area contributed by atoms with Crippen LogP contribution >= 0.6 is 0 Å². The molecule has 216 valence electrons. The third-order valence-electron chi connectivity index (χ3n) is 6.83. The number of amides is 2. The number of nitrogens with zero attached hydrogens (tertiary/aromatic N) is 2. The summed E-state index contributed by atoms with van der Waals surface area (Å²) in [5.41, 5.74) is -0.600. The molecule has 3 heterocycles. The summed E-state index contributed by atoms with van der Waals surface area (Å²) in [6, 6.07) is 3.53. The molecule has 2 aromatic rings. The predicted octanol–water partition coefficient (Wildman–Crippen LogP) is 4.53. The average molecular weight is 562 g/mol. The Morgan fingerprint density at radius 3 is 2.52 bits per heavy atom. The lowest BCUT2D eigenvalue weighted by atomic mass is 9.96. The largest absolute Gasteiger partial charge is 0.447 e. The highest BCUT2D eigenvalue weighted by Gasteiger charge is 2.30. The van der Waals surface area contributed by atoms with Gasteiger partial charge in [0.15, 0.2) is 0 Å². The number of rotatable bonds is 6. The number of hydrogen-bond donors (Lipinski definition) is 3. The van der Waals surface area contributed by atoms with Gasteiger partial charge in [-0.1, -0.05) is 6.08 Å². The van der Waals surface area contributed by atoms with E-state index in [1.165, 1.54) is 17.0 Å². The molecule has 1 fully saturated rings. The average Bonchev–Trinajstić information content (AvgIpc) is 2.88. The first kappa shape index (κ1) is 29.2. The first-order chi connectivity index (χ1) is 18.8. The van der Waals surface area contributed by atoms with Crippen molar-refractivity contribution in [2.24, 2.45) is 0 Å². The fourth-order valence-corrected chi connectivity index (χ4v) is 4.93. The molecule has 0 unspecified atom stereocenters. The summed E-state index contributed by atoms with van der Waals surface area (Å²) in [5, 5.41) is 6.07. The molecule has 2 aliphatic heterocycles. The van der Waals surface area contributed by atoms with E-state index in [0.29, 0.717) is 49.9 Å². The van der Waals surface area contributed by atoms with Crippen LogP contribution in [0.5, 0.6) is 0 Å². The number of piperazine rings is 1. The number of hydrogen-bond acceptors (Lipinski definition) is 6. The van der Waals surface area contributed by atoms with E-state index in [-0.39, 0.29) is 35.0 Å². The number of anilines is 2. The highest BCUT2D eigenvalue weighted by atomic mass is 19.3. The van der Waals surface area contributed by atoms with Crippen LogP contribution in [0.1, 0.15) is 62.0 Å². The van der Waals surface area contributed by atoms with Crippen molar-refractivity contribution < 1.29 is 27.5 Å². The first-order valence-electron chi connectivity index (χ1n) is 13.2. The maximum Gasteiger partial charge on any atom is 0.410 e. The Hall–Kier alpha value is -3.80. The van der Waals surface area contributed by atoms with E-state index >= 15 is 4.39 Å². The Kier molecular flexibility index (Phi) is 8.57. The molecule has 0 bridgehead atoms. The number of pyridine rings is 1. The zero-order chi connectivity index (χ0) is 29.2. The highest BCUT2D eigenvalue weighted by Crippen LogP contribution is 2.36. The predicted molar refractivity (Wildman–Crippen MR) is 146 cm³/mol. The molecular weight excluding hydrogens is 527 g/mol. The summed E-state index contributed by atoms with van der Waals surface area (Å²) in [4.78, 5) is 42.8. The number of carbonyl (C=O) groups is 2. The van der Waals surface area contributed by atoms with Gasteiger partial charge in [0.2, 0.25) is 5.56 Å². The minimum absolute atomic E-state index is 0.227. The molecule has 2 aliphatic rings. The molecule has 0 spiro atoms. The summed E-state index contributed by atoms with van der Waals surface area (Å²) in [6.07, 6.45) is -0.723. The van der Waals surface area contributed by atoms with Gasteiger partial charge in [0, 0.05) is 61.7 Å². The van der Waals surface area contributed by atoms with Gasteiger partial charge < -0.3 is 30.2 Å². The van der Waals surface area contributed by atoms with Crippen LogP contribution in [0, 0.1) is 5.82 Å². The number of H-pyrrole nitrogens is 1. The SMILES string of the molecule is CC(C)OC(=O)N1CC=C(c2cc(NC(=O)c3c[nH]c(=O)cc3C(F)F)c(N3CCNC(C)(C)C3)cc2F)CC1. The van der Waals surface area contributed by atoms with E-state index in [1.54, 1.807) is 19.9 Å². The van der Waals surface area contributed by atoms with Gasteiger partial charge in [0.05, 0.1) is 23.0 Å². The summed E-state index contributed by atoms with van der Waals surface area (Å²) in [6.45, 7) is 9.71. The zero-order valence-corrected chi connectivity index (χ0v) is 22.9. The normalized spacial score (nSPS) is 17.2. The summed E-state index contributed by atoms with van der Waals surface area (Å²) in [7, 11) is 0. The van der Waals surface area contributed by atoms with Crippen molar-refractivity contribution in [2.45, 2.75) is 52.2 Å². The topological polar surface area (TPSA) is 107 Å². The second kappa shape index (κ2) is 11.7. The molecule has 0 atom stereocenters. The Morgan fingerprint density at radius 2 is 1.90 bits per heavy atom. The molecule has 12 heteroatoms. The van der Waals surface area contributed by atoms with Gasteiger partial charge in [-0.3, -0.25) is 9.59 Å². The maximum atomic E-state index is 15.6. The van der Waals surface area contributed by atoms with Crippen molar-refractivity contribution in [1.29, 1.82) is 0 Å². The van der Waals surface area contributed by atoms with Gasteiger partial charge in [-0.25, -0.2) is 18.0 Å². The second-order valence-corrected chi connectivity index (χ2v) is 10.9. The minimum Gasteiger partial charge on any atom is -0.447 e. The van der Waals surface area contributed by atoms with Crippen LogP contribution < -0.4 is 21.1 Å². The monoisotopic (exact) mass is 561 g/mol. The summed E-state index contributed by atoms with van der Waals surface area (Å²) >= 11 is 0. The summed E-state index contributed by atoms with van der Waals surface area (Å²) in [5.74, 6) is -1.37. The zero-order valence-electron chi connectivity index (χ0n) is 22.9. The number of alkyl halides is 2. The number of aromatic nitrogens is 1. The van der Waals surface area contributed by atoms with Crippen LogP contribution in [-0.4, -0.2) is 66.3 Å². The summed E-state index contributed by atoms with van der Waals surface area (Å²) < 4.78 is 48.1. The van der Waals surface area contributed by atoms with E-state index < -0.39 is 35.4 Å². The lowest BCUT2D eigenvalue weighted by molar-refractivity contribution is 0.0799. The molecule has 1 saturated heterocycles. The number of halogens is 3. The Balaban J connectivity index is 1.71. The van der Waals surface area contributed by atoms with E-state index in [2.05, 4.69) is 15.6 Å². The van der Waals surface area contributed by atoms with E-state index in [1.807, 2.05) is 18.7 Å². The van der Waals surface area contributed by atoms with Crippen LogP contribution in [-0.2, 0) is 4.74 Å². The minimum atomic E-state index is -3.04. The Morgan fingerprint density at radius 1 is 1.15 bits per heavy atom. The smallest absolute Gasteiger partial charge is 0.410 e. The Labute approximate surface area is 230 Å². The molecule has 1 aromatic carbocycles. The second-order valence-electron chi connectivity index (χ2n) is 10.9. The van der Waals surface area contributed by atoms with Crippen LogP contribution in [0.2, 0.25) is 0 Å². The molecule has 0 saturated carbocycles. The molecule has 40 heavy (non-hydrogen) atoms. The van der Waals surface area contributed by atoms with Crippen molar-refractivity contribution in [3.05, 3.63) is 63.3 Å². The highest BCUT2D eigenvalue weighted by molar-refractivity contribution is 6.07. The molecule has 0 aliphatic carbocycles. The standard InChI is InChI=1S/C28H34F3N5O4/c1-16(2)40-27(39)35-8-5-17(6-9-35)18-11-22(23(13-21(18)29)36-10-7-33-28(3,4)15-36)34-26(38)20-14-32-24(37)12-19(20)25(30)31/h5,11-14,16,25,33H,6-10,15H2,1-4H3,(H,32,37)(H,34,38). The molecule has 9 nitrogen and oxygen atoms in total. The fraction of sp³-hybridized carbons (Fsp3) is 0.464. The maximum absolute atomic E-state index is 15.6. The van der Waals surface area contributed by atoms with E-state index in [4.69, 9.17) is 4.74 Å². The van der Waals surface area contributed by atoms with Crippen molar-refractivity contribution in [2.75, 3.05) is 42.9 Å². The molecule has 3 N–H and O–H groups in total. The van der Waals surface area contributed by atoms with Crippen LogP contribution in [0.25, 0.3) is 5.57 Å². The van der Waals surface area contributed by atoms with Gasteiger partial charge in [-0.15, -0.1) is 0 Å². The number of ether oxygens (including phenoxy) is 1. The van der Waals surface area contributed by atoms with Crippen molar-refractivity contribution in [3.63, 3.8) is 0 Å². The van der Waals surface area contributed by atoms with Crippen LogP contribution in [0.4, 0.5) is 29.3 Å². The lowest BCUT2D eigenvalue weighted by Crippen LogP contribution is -2.57. The van der Waals surface area contributed by atoms with Gasteiger partial charge in [0.25, 0.3) is 12.3 Å². The molecule has 4 rings (SSSR count). The number of carbonyl (C=O) groups excluding carboxylic acids is 2. The van der Waals surface area contributed by atoms with E-state index in [0.717, 1.165) is 6.20 Å². The molecule has 0 radical (unpaired) electrons. The fourth-order valence-electron chi connectivity index (χ4n) is 4.93. The van der Waals surface area contributed by atoms with Crippen molar-refractivity contribution in [3.8, 4) is 0 Å². The van der Waals surface area contributed by atoms with E-state index in [9.17, 15) is 23.2 Å². The third kappa shape index (κ3) is 6.67. The molecule has 2 amide bonds. The van der Waals surface area contributed by atoms with Crippen molar-refractivity contribution in [1.82, 2.24) is 15.2 Å². The van der Waals surface area contributed by atoms with Gasteiger partial charge >= 0.3 is 6.09 Å². The number of aromatic amines is 1. The molecule has 1 aromatic heterocycles.